The van der Waals surface area contributed by atoms with Gasteiger partial charge in [0.2, 0.25) is 10.0 Å². The summed E-state index contributed by atoms with van der Waals surface area (Å²) in [6, 6.07) is 0. The second-order valence-electron chi connectivity index (χ2n) is 3.70. The molecule has 1 aromatic heterocycles. The molecular weight excluding hydrogens is 234 g/mol. The van der Waals surface area contributed by atoms with Crippen LogP contribution in [0, 0.1) is 0 Å². The fourth-order valence-corrected chi connectivity index (χ4v) is 3.44. The van der Waals surface area contributed by atoms with Crippen molar-refractivity contribution in [2.75, 3.05) is 0 Å². The molecule has 0 unspecified atom stereocenters. The Labute approximate surface area is 92.6 Å². The molecule has 4 N–H and O–H groups in total. The minimum atomic E-state index is -3.49. The van der Waals surface area contributed by atoms with Gasteiger partial charge in [0.15, 0.2) is 0 Å². The molecular formula is C8H13N3O2S2. The molecule has 84 valence electrons. The molecule has 0 radical (unpaired) electrons. The summed E-state index contributed by atoms with van der Waals surface area (Å²) in [6.07, 6.45) is 2.26. The van der Waals surface area contributed by atoms with Gasteiger partial charge in [-0.25, -0.2) is 18.5 Å². The Morgan fingerprint density at radius 2 is 2.13 bits per heavy atom. The maximum absolute atomic E-state index is 10.9. The van der Waals surface area contributed by atoms with Gasteiger partial charge in [-0.1, -0.05) is 0 Å². The average molecular weight is 247 g/mol. The molecule has 0 bridgehead atoms. The van der Waals surface area contributed by atoms with Crippen LogP contribution in [0.5, 0.6) is 0 Å². The number of aromatic nitrogens is 1. The predicted octanol–water partition coefficient (Wildman–Crippen LogP) is 0.268. The molecule has 15 heavy (non-hydrogen) atoms. The highest BCUT2D eigenvalue weighted by Crippen LogP contribution is 2.42. The van der Waals surface area contributed by atoms with Gasteiger partial charge < -0.3 is 5.73 Å². The Morgan fingerprint density at radius 3 is 2.60 bits per heavy atom. The van der Waals surface area contributed by atoms with Crippen LogP contribution in [-0.4, -0.2) is 13.4 Å². The number of rotatable bonds is 4. The van der Waals surface area contributed by atoms with Crippen molar-refractivity contribution < 1.29 is 8.42 Å². The second-order valence-corrected chi connectivity index (χ2v) is 6.48. The molecule has 7 heteroatoms. The quantitative estimate of drug-likeness (QED) is 0.797. The van der Waals surface area contributed by atoms with Crippen LogP contribution in [0.25, 0.3) is 0 Å². The van der Waals surface area contributed by atoms with Crippen LogP contribution in [0.2, 0.25) is 0 Å². The summed E-state index contributed by atoms with van der Waals surface area (Å²) in [7, 11) is -3.49. The van der Waals surface area contributed by atoms with Crippen molar-refractivity contribution in [2.24, 2.45) is 10.9 Å². The lowest BCUT2D eigenvalue weighted by Crippen LogP contribution is -2.14. The Balaban J connectivity index is 2.26. The van der Waals surface area contributed by atoms with Crippen molar-refractivity contribution >= 4 is 21.4 Å². The highest BCUT2D eigenvalue weighted by atomic mass is 32.2. The van der Waals surface area contributed by atoms with Crippen molar-refractivity contribution in [3.63, 3.8) is 0 Å². The Bertz CT molecular complexity index is 462. The summed E-state index contributed by atoms with van der Waals surface area (Å²) < 4.78 is 21.8. The number of thiazole rings is 1. The summed E-state index contributed by atoms with van der Waals surface area (Å²) in [5.41, 5.74) is 6.57. The summed E-state index contributed by atoms with van der Waals surface area (Å²) in [6.45, 7) is 0.425. The molecule has 1 aliphatic carbocycles. The lowest BCUT2D eigenvalue weighted by Gasteiger charge is -1.93. The van der Waals surface area contributed by atoms with Gasteiger partial charge in [-0.3, -0.25) is 0 Å². The molecule has 1 saturated carbocycles. The average Bonchev–Trinajstić information content (AvgIpc) is 2.86. The van der Waals surface area contributed by atoms with E-state index in [1.807, 2.05) is 0 Å². The van der Waals surface area contributed by atoms with E-state index in [1.54, 1.807) is 0 Å². The van der Waals surface area contributed by atoms with Crippen LogP contribution >= 0.6 is 11.3 Å². The molecule has 0 atom stereocenters. The monoisotopic (exact) mass is 247 g/mol. The minimum Gasteiger partial charge on any atom is -0.326 e. The molecule has 1 fully saturated rings. The van der Waals surface area contributed by atoms with E-state index in [-0.39, 0.29) is 5.75 Å². The molecule has 0 spiro atoms. The molecule has 0 aromatic carbocycles. The van der Waals surface area contributed by atoms with E-state index in [4.69, 9.17) is 10.9 Å². The largest absolute Gasteiger partial charge is 0.326 e. The van der Waals surface area contributed by atoms with Gasteiger partial charge in [0.05, 0.1) is 5.69 Å². The normalized spacial score (nSPS) is 16.9. The van der Waals surface area contributed by atoms with E-state index >= 15 is 0 Å². The molecule has 0 amide bonds. The van der Waals surface area contributed by atoms with Crippen LogP contribution in [0.4, 0.5) is 0 Å². The van der Waals surface area contributed by atoms with Gasteiger partial charge in [0, 0.05) is 17.3 Å². The van der Waals surface area contributed by atoms with Crippen molar-refractivity contribution in [1.29, 1.82) is 0 Å². The first-order valence-electron chi connectivity index (χ1n) is 4.68. The smallest absolute Gasteiger partial charge is 0.215 e. The lowest BCUT2D eigenvalue weighted by atomic mass is 10.2. The summed E-state index contributed by atoms with van der Waals surface area (Å²) in [4.78, 5) is 5.30. The first kappa shape index (κ1) is 11.0. The van der Waals surface area contributed by atoms with Gasteiger partial charge in [-0.05, 0) is 12.8 Å². The number of sulfonamides is 1. The van der Waals surface area contributed by atoms with Crippen LogP contribution in [-0.2, 0) is 22.3 Å². The fraction of sp³-hybridized carbons (Fsp3) is 0.625. The molecule has 0 aliphatic heterocycles. The van der Waals surface area contributed by atoms with Crippen molar-refractivity contribution in [3.8, 4) is 0 Å². The Hall–Kier alpha value is -0.500. The van der Waals surface area contributed by atoms with Crippen LogP contribution in [0.3, 0.4) is 0 Å². The topological polar surface area (TPSA) is 99.1 Å². The third-order valence-corrected chi connectivity index (χ3v) is 4.20. The highest BCUT2D eigenvalue weighted by Gasteiger charge is 2.29. The van der Waals surface area contributed by atoms with Gasteiger partial charge in [-0.15, -0.1) is 11.3 Å². The number of hydrogen-bond donors (Lipinski definition) is 2. The third kappa shape index (κ3) is 2.75. The third-order valence-electron chi connectivity index (χ3n) is 2.25. The van der Waals surface area contributed by atoms with Crippen LogP contribution < -0.4 is 10.9 Å². The zero-order valence-corrected chi connectivity index (χ0v) is 9.77. The fourth-order valence-electron chi connectivity index (χ4n) is 1.47. The lowest BCUT2D eigenvalue weighted by molar-refractivity contribution is 0.597. The van der Waals surface area contributed by atoms with Crippen molar-refractivity contribution in [1.82, 2.24) is 4.98 Å². The van der Waals surface area contributed by atoms with Gasteiger partial charge >= 0.3 is 0 Å². The van der Waals surface area contributed by atoms with Crippen LogP contribution in [0.15, 0.2) is 0 Å². The molecule has 1 aliphatic rings. The van der Waals surface area contributed by atoms with E-state index in [2.05, 4.69) is 4.98 Å². The summed E-state index contributed by atoms with van der Waals surface area (Å²) in [5, 5.41) is 5.52. The predicted molar refractivity (Wildman–Crippen MR) is 58.8 cm³/mol. The molecule has 1 heterocycles. The summed E-state index contributed by atoms with van der Waals surface area (Å²) >= 11 is 1.36. The van der Waals surface area contributed by atoms with Gasteiger partial charge in [0.1, 0.15) is 10.8 Å². The SMILES string of the molecule is NCc1sc(CS(N)(=O)=O)nc1C1CC1. The number of nitrogens with zero attached hydrogens (tertiary/aromatic N) is 1. The second kappa shape index (κ2) is 3.82. The highest BCUT2D eigenvalue weighted by molar-refractivity contribution is 7.88. The van der Waals surface area contributed by atoms with Crippen molar-refractivity contribution in [3.05, 3.63) is 15.6 Å². The van der Waals surface area contributed by atoms with Gasteiger partial charge in [0.25, 0.3) is 0 Å². The maximum atomic E-state index is 10.9. The number of hydrogen-bond acceptors (Lipinski definition) is 5. The van der Waals surface area contributed by atoms with E-state index in [0.717, 1.165) is 23.4 Å². The van der Waals surface area contributed by atoms with E-state index in [0.29, 0.717) is 17.5 Å². The standard InChI is InChI=1S/C8H13N3O2S2/c9-3-6-8(5-1-2-5)11-7(14-6)4-15(10,12)13/h5H,1-4,9H2,(H2,10,12,13). The van der Waals surface area contributed by atoms with E-state index < -0.39 is 10.0 Å². The zero-order chi connectivity index (χ0) is 11.1. The number of nitrogens with two attached hydrogens (primary N) is 2. The Kier molecular flexibility index (Phi) is 2.80. The van der Waals surface area contributed by atoms with E-state index in [1.165, 1.54) is 11.3 Å². The number of primary sulfonamides is 1. The zero-order valence-electron chi connectivity index (χ0n) is 8.14. The first-order chi connectivity index (χ1) is 6.99. The maximum Gasteiger partial charge on any atom is 0.215 e. The van der Waals surface area contributed by atoms with Gasteiger partial charge in [-0.2, -0.15) is 0 Å². The molecule has 5 nitrogen and oxygen atoms in total. The van der Waals surface area contributed by atoms with Crippen molar-refractivity contribution in [2.45, 2.75) is 31.1 Å². The molecule has 2 rings (SSSR count). The Morgan fingerprint density at radius 1 is 1.47 bits per heavy atom. The molecule has 0 saturated heterocycles. The minimum absolute atomic E-state index is 0.183. The molecule has 1 aromatic rings. The first-order valence-corrected chi connectivity index (χ1v) is 7.22. The van der Waals surface area contributed by atoms with E-state index in [9.17, 15) is 8.42 Å². The van der Waals surface area contributed by atoms with Crippen LogP contribution in [0.1, 0.15) is 34.3 Å². The summed E-state index contributed by atoms with van der Waals surface area (Å²) in [5.74, 6) is 0.311.